The van der Waals surface area contributed by atoms with E-state index in [0.717, 1.165) is 48.9 Å². The minimum atomic E-state index is -0.298. The van der Waals surface area contributed by atoms with Gasteiger partial charge in [0.1, 0.15) is 0 Å². The Morgan fingerprint density at radius 3 is 2.39 bits per heavy atom. The molecule has 2 N–H and O–H groups in total. The van der Waals surface area contributed by atoms with E-state index in [1.54, 1.807) is 0 Å². The van der Waals surface area contributed by atoms with Gasteiger partial charge in [0.15, 0.2) is 0 Å². The average molecular weight is 429 g/mol. The summed E-state index contributed by atoms with van der Waals surface area (Å²) in [5.74, 6) is 6.25. The van der Waals surface area contributed by atoms with E-state index in [2.05, 4.69) is 40.7 Å². The Labute approximate surface area is 191 Å². The lowest BCUT2D eigenvalue weighted by Crippen LogP contribution is -2.54. The van der Waals surface area contributed by atoms with Crippen LogP contribution in [0.1, 0.15) is 98.8 Å². The van der Waals surface area contributed by atoms with E-state index in [0.29, 0.717) is 23.2 Å². The first-order valence-electron chi connectivity index (χ1n) is 13.7. The molecule has 0 spiro atoms. The van der Waals surface area contributed by atoms with Crippen LogP contribution in [0, 0.1) is 58.2 Å². The maximum atomic E-state index is 11.3. The van der Waals surface area contributed by atoms with Crippen LogP contribution < -0.4 is 0 Å². The van der Waals surface area contributed by atoms with Crippen molar-refractivity contribution in [3.8, 4) is 0 Å². The Bertz CT molecular complexity index is 714. The molecule has 2 nitrogen and oxygen atoms in total. The molecule has 0 bridgehead atoms. The molecule has 31 heavy (non-hydrogen) atoms. The molecule has 4 fully saturated rings. The lowest BCUT2D eigenvalue weighted by Gasteiger charge is -2.59. The molecule has 0 aromatic heterocycles. The molecule has 12 atom stereocenters. The van der Waals surface area contributed by atoms with Crippen molar-refractivity contribution in [2.75, 3.05) is 0 Å². The molecule has 5 rings (SSSR count). The van der Waals surface area contributed by atoms with Crippen molar-refractivity contribution in [1.29, 1.82) is 0 Å². The summed E-state index contributed by atoms with van der Waals surface area (Å²) in [4.78, 5) is 0. The van der Waals surface area contributed by atoms with Crippen LogP contribution in [0.4, 0.5) is 0 Å². The first-order chi connectivity index (χ1) is 14.6. The zero-order valence-electron chi connectivity index (χ0n) is 20.8. The van der Waals surface area contributed by atoms with Crippen molar-refractivity contribution in [2.24, 2.45) is 58.2 Å². The average Bonchev–Trinajstić information content (AvgIpc) is 3.35. The predicted molar refractivity (Wildman–Crippen MR) is 127 cm³/mol. The van der Waals surface area contributed by atoms with Crippen LogP contribution >= 0.6 is 0 Å². The summed E-state index contributed by atoms with van der Waals surface area (Å²) in [5, 5.41) is 21.6. The summed E-state index contributed by atoms with van der Waals surface area (Å²) in [6.45, 7) is 12.5. The van der Waals surface area contributed by atoms with Gasteiger partial charge >= 0.3 is 0 Å². The van der Waals surface area contributed by atoms with Gasteiger partial charge in [0.2, 0.25) is 0 Å². The highest BCUT2D eigenvalue weighted by Gasteiger charge is 2.61. The van der Waals surface area contributed by atoms with Crippen LogP contribution in [0.15, 0.2) is 11.6 Å². The van der Waals surface area contributed by atoms with Gasteiger partial charge in [-0.3, -0.25) is 0 Å². The summed E-state index contributed by atoms with van der Waals surface area (Å²) in [5.41, 5.74) is 1.99. The molecule has 5 aliphatic rings. The molecular formula is C29H48O2. The van der Waals surface area contributed by atoms with Crippen LogP contribution in [-0.2, 0) is 0 Å². The second kappa shape index (κ2) is 7.86. The van der Waals surface area contributed by atoms with Gasteiger partial charge in [0.05, 0.1) is 12.2 Å². The molecule has 0 aliphatic heterocycles. The Kier molecular flexibility index (Phi) is 5.70. The molecule has 4 saturated carbocycles. The predicted octanol–water partition coefficient (Wildman–Crippen LogP) is 6.61. The molecule has 0 unspecified atom stereocenters. The molecule has 0 aromatic carbocycles. The van der Waals surface area contributed by atoms with Gasteiger partial charge in [-0.25, -0.2) is 0 Å². The largest absolute Gasteiger partial charge is 0.393 e. The van der Waals surface area contributed by atoms with E-state index >= 15 is 0 Å². The fourth-order valence-corrected chi connectivity index (χ4v) is 9.69. The van der Waals surface area contributed by atoms with Crippen molar-refractivity contribution in [1.82, 2.24) is 0 Å². The fraction of sp³-hybridized carbons (Fsp3) is 0.931. The van der Waals surface area contributed by atoms with Crippen LogP contribution in [0.2, 0.25) is 0 Å². The van der Waals surface area contributed by atoms with Gasteiger partial charge in [-0.1, -0.05) is 59.1 Å². The minimum Gasteiger partial charge on any atom is -0.393 e. The molecule has 2 heteroatoms. The first kappa shape index (κ1) is 22.5. The third kappa shape index (κ3) is 3.58. The van der Waals surface area contributed by atoms with Crippen molar-refractivity contribution >= 4 is 0 Å². The Morgan fingerprint density at radius 2 is 1.68 bits per heavy atom. The van der Waals surface area contributed by atoms with Crippen LogP contribution in [-0.4, -0.2) is 22.4 Å². The third-order valence-corrected chi connectivity index (χ3v) is 11.8. The maximum Gasteiger partial charge on any atom is 0.0757 e. The maximum absolute atomic E-state index is 11.3. The van der Waals surface area contributed by atoms with Gasteiger partial charge in [0, 0.05) is 0 Å². The van der Waals surface area contributed by atoms with Crippen LogP contribution in [0.3, 0.4) is 0 Å². The van der Waals surface area contributed by atoms with Gasteiger partial charge < -0.3 is 10.2 Å². The van der Waals surface area contributed by atoms with Gasteiger partial charge in [-0.15, -0.1) is 0 Å². The Hall–Kier alpha value is -0.340. The molecule has 0 amide bonds. The standard InChI is InChI=1S/C29H48O2/c1-17(22-14-19(22)3)6-7-18(2)23-8-9-24-27-25(11-13-29(23,24)5)28(4)12-10-21(30)15-20(28)16-26(27)31/h16-19,21-27,30-31H,6-15H2,1-5H3/t17-,18-,19-,21+,22+,23-,24+,25+,26-,27+,28+,29-/m1/s1. The molecular weight excluding hydrogens is 380 g/mol. The van der Waals surface area contributed by atoms with E-state index in [-0.39, 0.29) is 17.6 Å². The lowest BCUT2D eigenvalue weighted by molar-refractivity contribution is -0.0971. The second-order valence-electron chi connectivity index (χ2n) is 13.4. The van der Waals surface area contributed by atoms with Gasteiger partial charge in [-0.2, -0.15) is 0 Å². The summed E-state index contributed by atoms with van der Waals surface area (Å²) in [7, 11) is 0. The topological polar surface area (TPSA) is 40.5 Å². The molecule has 0 aromatic rings. The molecule has 0 saturated heterocycles. The lowest BCUT2D eigenvalue weighted by atomic mass is 9.46. The molecule has 0 heterocycles. The van der Waals surface area contributed by atoms with Crippen molar-refractivity contribution < 1.29 is 10.2 Å². The molecule has 176 valence electrons. The summed E-state index contributed by atoms with van der Waals surface area (Å²) in [6, 6.07) is 0. The number of hydrogen-bond acceptors (Lipinski definition) is 2. The molecule has 0 radical (unpaired) electrons. The zero-order valence-corrected chi connectivity index (χ0v) is 20.8. The van der Waals surface area contributed by atoms with E-state index in [9.17, 15) is 10.2 Å². The van der Waals surface area contributed by atoms with Crippen molar-refractivity contribution in [3.63, 3.8) is 0 Å². The van der Waals surface area contributed by atoms with Crippen molar-refractivity contribution in [3.05, 3.63) is 11.6 Å². The zero-order chi connectivity index (χ0) is 22.1. The number of hydrogen-bond donors (Lipinski definition) is 2. The normalized spacial score (nSPS) is 53.1. The highest BCUT2D eigenvalue weighted by Crippen LogP contribution is 2.67. The summed E-state index contributed by atoms with van der Waals surface area (Å²) < 4.78 is 0. The Morgan fingerprint density at radius 1 is 0.968 bits per heavy atom. The van der Waals surface area contributed by atoms with Crippen molar-refractivity contribution in [2.45, 2.75) is 111 Å². The number of aliphatic hydroxyl groups excluding tert-OH is 2. The smallest absolute Gasteiger partial charge is 0.0757 e. The summed E-state index contributed by atoms with van der Waals surface area (Å²) in [6.07, 6.45) is 14.1. The van der Waals surface area contributed by atoms with E-state index in [1.807, 2.05) is 0 Å². The SMILES string of the molecule is C[C@H](CC[C@@H](C)[C@H]1CC[C@H]2[C@@H]3[C@H](O)C=C4C[C@@H](O)CC[C@]4(C)[C@H]3CC[C@]12C)[C@@H]1C[C@H]1C. The van der Waals surface area contributed by atoms with E-state index < -0.39 is 0 Å². The van der Waals surface area contributed by atoms with E-state index in [1.165, 1.54) is 50.5 Å². The second-order valence-corrected chi connectivity index (χ2v) is 13.4. The van der Waals surface area contributed by atoms with Crippen LogP contribution in [0.5, 0.6) is 0 Å². The minimum absolute atomic E-state index is 0.199. The highest BCUT2D eigenvalue weighted by molar-refractivity contribution is 5.27. The Balaban J connectivity index is 1.31. The van der Waals surface area contributed by atoms with Gasteiger partial charge in [-0.05, 0) is 110 Å². The number of aliphatic hydroxyl groups is 2. The quantitative estimate of drug-likeness (QED) is 0.484. The van der Waals surface area contributed by atoms with E-state index in [4.69, 9.17) is 0 Å². The highest BCUT2D eigenvalue weighted by atomic mass is 16.3. The van der Waals surface area contributed by atoms with Crippen LogP contribution in [0.25, 0.3) is 0 Å². The first-order valence-corrected chi connectivity index (χ1v) is 13.7. The third-order valence-electron chi connectivity index (χ3n) is 11.8. The monoisotopic (exact) mass is 428 g/mol. The summed E-state index contributed by atoms with van der Waals surface area (Å²) >= 11 is 0. The number of rotatable bonds is 5. The fourth-order valence-electron chi connectivity index (χ4n) is 9.69. The van der Waals surface area contributed by atoms with Gasteiger partial charge in [0.25, 0.3) is 0 Å². The molecule has 5 aliphatic carbocycles. The number of fused-ring (bicyclic) bond motifs is 5.